The number of hydrogen-bond donors (Lipinski definition) is 0. The lowest BCUT2D eigenvalue weighted by Crippen LogP contribution is -2.39. The quantitative estimate of drug-likeness (QED) is 0.438. The highest BCUT2D eigenvalue weighted by atomic mass is 16.5. The van der Waals surface area contributed by atoms with Crippen LogP contribution in [0.1, 0.15) is 55.4 Å². The van der Waals surface area contributed by atoms with Crippen molar-refractivity contribution in [2.24, 2.45) is 0 Å². The van der Waals surface area contributed by atoms with Gasteiger partial charge >= 0.3 is 0 Å². The van der Waals surface area contributed by atoms with Crippen molar-refractivity contribution in [3.8, 4) is 11.6 Å². The van der Waals surface area contributed by atoms with Crippen molar-refractivity contribution >= 4 is 16.8 Å². The highest BCUT2D eigenvalue weighted by Gasteiger charge is 2.25. The number of fused-ring (bicyclic) bond motifs is 1. The van der Waals surface area contributed by atoms with Crippen molar-refractivity contribution in [2.45, 2.75) is 51.1 Å². The van der Waals surface area contributed by atoms with Gasteiger partial charge < -0.3 is 23.8 Å². The van der Waals surface area contributed by atoms with E-state index < -0.39 is 0 Å². The van der Waals surface area contributed by atoms with E-state index in [0.717, 1.165) is 57.3 Å². The molecule has 3 aromatic rings. The second kappa shape index (κ2) is 10.7. The third-order valence-electron chi connectivity index (χ3n) is 7.58. The smallest absolute Gasteiger partial charge is 0.255 e. The second-order valence-electron chi connectivity index (χ2n) is 9.79. The molecule has 2 aliphatic rings. The first-order chi connectivity index (χ1) is 17.1. The van der Waals surface area contributed by atoms with Crippen LogP contribution in [0.2, 0.25) is 0 Å². The number of carbonyl (C=O) groups excluding carboxylic acids is 1. The summed E-state index contributed by atoms with van der Waals surface area (Å²) in [6.07, 6.45) is 9.36. The van der Waals surface area contributed by atoms with Gasteiger partial charge in [-0.2, -0.15) is 0 Å². The number of aromatic nitrogens is 2. The van der Waals surface area contributed by atoms with Gasteiger partial charge in [0.05, 0.1) is 19.3 Å². The molecule has 1 amide bonds. The van der Waals surface area contributed by atoms with Gasteiger partial charge in [-0.1, -0.05) is 0 Å². The first-order valence-corrected chi connectivity index (χ1v) is 12.9. The van der Waals surface area contributed by atoms with Gasteiger partial charge in [-0.25, -0.2) is 4.98 Å². The van der Waals surface area contributed by atoms with E-state index in [1.807, 2.05) is 4.90 Å². The highest BCUT2D eigenvalue weighted by Crippen LogP contribution is 2.30. The zero-order valence-corrected chi connectivity index (χ0v) is 20.9. The van der Waals surface area contributed by atoms with Gasteiger partial charge in [-0.15, -0.1) is 0 Å². The van der Waals surface area contributed by atoms with Crippen molar-refractivity contribution < 1.29 is 14.3 Å². The maximum absolute atomic E-state index is 12.9. The summed E-state index contributed by atoms with van der Waals surface area (Å²) in [5.74, 6) is 1.50. The predicted octanol–water partition coefficient (Wildman–Crippen LogP) is 4.78. The normalized spacial score (nSPS) is 19.4. The number of amides is 1. The Balaban J connectivity index is 1.14. The molecule has 5 rings (SSSR count). The van der Waals surface area contributed by atoms with Crippen LogP contribution in [0.4, 0.5) is 0 Å². The number of benzene rings is 1. The Hall–Kier alpha value is -3.06. The fourth-order valence-corrected chi connectivity index (χ4v) is 5.49. The molecule has 35 heavy (non-hydrogen) atoms. The van der Waals surface area contributed by atoms with E-state index in [1.165, 1.54) is 30.3 Å². The highest BCUT2D eigenvalue weighted by molar-refractivity contribution is 5.94. The summed E-state index contributed by atoms with van der Waals surface area (Å²) < 4.78 is 13.5. The standard InChI is InChI=1S/C28H36N4O3/c1-21-5-3-13-30(21)14-4-18-35-25-7-8-26-22(19-25)10-17-32(26)24-11-15-31(16-12-24)28(33)23-6-9-27(34-2)29-20-23/h6-10,17,19-21,24H,3-5,11-16,18H2,1-2H3/t21-/m1/s1. The molecule has 2 saturated heterocycles. The number of hydrogen-bond acceptors (Lipinski definition) is 5. The summed E-state index contributed by atoms with van der Waals surface area (Å²) in [5.41, 5.74) is 1.84. The Kier molecular flexibility index (Phi) is 7.23. The van der Waals surface area contributed by atoms with Crippen LogP contribution in [0, 0.1) is 0 Å². The number of ether oxygens (including phenoxy) is 2. The van der Waals surface area contributed by atoms with E-state index in [0.29, 0.717) is 17.5 Å². The molecule has 186 valence electrons. The molecule has 0 spiro atoms. The molecule has 2 aromatic heterocycles. The lowest BCUT2D eigenvalue weighted by atomic mass is 10.0. The Labute approximate surface area is 207 Å². The average Bonchev–Trinajstić information content (AvgIpc) is 3.52. The number of pyridine rings is 1. The second-order valence-corrected chi connectivity index (χ2v) is 9.79. The Bertz CT molecular complexity index is 1130. The number of likely N-dealkylation sites (tertiary alicyclic amines) is 2. The number of piperidine rings is 1. The minimum Gasteiger partial charge on any atom is -0.494 e. The van der Waals surface area contributed by atoms with E-state index in [1.54, 1.807) is 25.4 Å². The van der Waals surface area contributed by atoms with Crippen molar-refractivity contribution in [1.29, 1.82) is 0 Å². The summed E-state index contributed by atoms with van der Waals surface area (Å²) in [6, 6.07) is 13.2. The predicted molar refractivity (Wildman–Crippen MR) is 137 cm³/mol. The van der Waals surface area contributed by atoms with E-state index >= 15 is 0 Å². The maximum Gasteiger partial charge on any atom is 0.255 e. The lowest BCUT2D eigenvalue weighted by Gasteiger charge is -2.33. The summed E-state index contributed by atoms with van der Waals surface area (Å²) in [4.78, 5) is 21.5. The summed E-state index contributed by atoms with van der Waals surface area (Å²) in [7, 11) is 1.57. The van der Waals surface area contributed by atoms with Gasteiger partial charge in [-0.05, 0) is 75.9 Å². The SMILES string of the molecule is COc1ccc(C(=O)N2CCC(n3ccc4cc(OCCCN5CCC[C@H]5C)ccc43)CC2)cn1. The van der Waals surface area contributed by atoms with Crippen LogP contribution in [0.3, 0.4) is 0 Å². The van der Waals surface area contributed by atoms with Crippen molar-refractivity contribution in [2.75, 3.05) is 39.9 Å². The van der Waals surface area contributed by atoms with Crippen molar-refractivity contribution in [3.05, 3.63) is 54.4 Å². The molecule has 4 heterocycles. The molecule has 1 aromatic carbocycles. The lowest BCUT2D eigenvalue weighted by molar-refractivity contribution is 0.0695. The molecule has 0 bridgehead atoms. The van der Waals surface area contributed by atoms with Crippen LogP contribution in [0.25, 0.3) is 10.9 Å². The minimum atomic E-state index is 0.0388. The Morgan fingerprint density at radius 1 is 1.09 bits per heavy atom. The number of nitrogens with zero attached hydrogens (tertiary/aromatic N) is 4. The van der Waals surface area contributed by atoms with E-state index in [2.05, 4.69) is 51.8 Å². The van der Waals surface area contributed by atoms with Crippen LogP contribution in [-0.4, -0.2) is 71.2 Å². The molecule has 2 aliphatic heterocycles. The van der Waals surface area contributed by atoms with E-state index in [-0.39, 0.29) is 5.91 Å². The van der Waals surface area contributed by atoms with E-state index in [4.69, 9.17) is 9.47 Å². The molecule has 2 fully saturated rings. The number of methoxy groups -OCH3 is 1. The Morgan fingerprint density at radius 3 is 2.66 bits per heavy atom. The minimum absolute atomic E-state index is 0.0388. The van der Waals surface area contributed by atoms with Crippen molar-refractivity contribution in [3.63, 3.8) is 0 Å². The molecule has 0 N–H and O–H groups in total. The number of carbonyl (C=O) groups is 1. The third kappa shape index (κ3) is 5.30. The molecular weight excluding hydrogens is 440 g/mol. The molecule has 0 aliphatic carbocycles. The molecule has 7 nitrogen and oxygen atoms in total. The van der Waals surface area contributed by atoms with Gasteiger partial charge in [-0.3, -0.25) is 4.79 Å². The molecule has 0 radical (unpaired) electrons. The van der Waals surface area contributed by atoms with Gasteiger partial charge in [0.1, 0.15) is 5.75 Å². The molecule has 0 saturated carbocycles. The van der Waals surface area contributed by atoms with Gasteiger partial charge in [0.15, 0.2) is 0 Å². The zero-order chi connectivity index (χ0) is 24.2. The van der Waals surface area contributed by atoms with Crippen LogP contribution in [0.15, 0.2) is 48.8 Å². The maximum atomic E-state index is 12.9. The fraction of sp³-hybridized carbons (Fsp3) is 0.500. The number of rotatable bonds is 8. The van der Waals surface area contributed by atoms with Gasteiger partial charge in [0.25, 0.3) is 5.91 Å². The molecular formula is C28H36N4O3. The van der Waals surface area contributed by atoms with E-state index in [9.17, 15) is 4.79 Å². The Morgan fingerprint density at radius 2 is 1.94 bits per heavy atom. The van der Waals surface area contributed by atoms with Gasteiger partial charge in [0, 0.05) is 61.1 Å². The summed E-state index contributed by atoms with van der Waals surface area (Å²) in [6.45, 7) is 6.92. The third-order valence-corrected chi connectivity index (χ3v) is 7.58. The molecule has 7 heteroatoms. The average molecular weight is 477 g/mol. The van der Waals surface area contributed by atoms with Crippen LogP contribution >= 0.6 is 0 Å². The first kappa shape index (κ1) is 23.7. The summed E-state index contributed by atoms with van der Waals surface area (Å²) >= 11 is 0. The molecule has 1 atom stereocenters. The zero-order valence-electron chi connectivity index (χ0n) is 20.9. The molecule has 0 unspecified atom stereocenters. The first-order valence-electron chi connectivity index (χ1n) is 12.9. The van der Waals surface area contributed by atoms with Crippen LogP contribution < -0.4 is 9.47 Å². The van der Waals surface area contributed by atoms with Gasteiger partial charge in [0.2, 0.25) is 5.88 Å². The summed E-state index contributed by atoms with van der Waals surface area (Å²) in [5, 5.41) is 1.21. The largest absolute Gasteiger partial charge is 0.494 e. The fourth-order valence-electron chi connectivity index (χ4n) is 5.49. The monoisotopic (exact) mass is 476 g/mol. The van der Waals surface area contributed by atoms with Crippen molar-refractivity contribution in [1.82, 2.24) is 19.4 Å². The van der Waals surface area contributed by atoms with Crippen LogP contribution in [-0.2, 0) is 0 Å². The topological polar surface area (TPSA) is 59.8 Å². The van der Waals surface area contributed by atoms with Crippen LogP contribution in [0.5, 0.6) is 11.6 Å².